The van der Waals surface area contributed by atoms with E-state index in [2.05, 4.69) is 20.8 Å². The summed E-state index contributed by atoms with van der Waals surface area (Å²) in [6, 6.07) is 0. The van der Waals surface area contributed by atoms with Crippen molar-refractivity contribution in [3.63, 3.8) is 0 Å². The number of carbonyl (C=O) groups is 3. The van der Waals surface area contributed by atoms with Crippen LogP contribution in [-0.2, 0) is 28.6 Å². The first kappa shape index (κ1) is 32.8. The molecule has 0 aromatic carbocycles. The summed E-state index contributed by atoms with van der Waals surface area (Å²) >= 11 is 0. The van der Waals surface area contributed by atoms with E-state index in [1.807, 2.05) is 34.6 Å². The standard InChI is InChI=1S/C36H58O7/c1-9-33(3,4)32(40)42-23-16-17-35(7)22(18-23)11-12-24-26-14-13-25(36(26,8)28(37)19-27(24)35)21(2)10-15-29(38)43-30-31(39)41-20-34(30,5)6/h21-28,30,37H,9-20H2,1-8H3. The molecule has 0 bridgehead atoms. The number of ether oxygens (including phenoxy) is 3. The van der Waals surface area contributed by atoms with Crippen molar-refractivity contribution in [3.8, 4) is 0 Å². The summed E-state index contributed by atoms with van der Waals surface area (Å²) < 4.78 is 16.8. The van der Waals surface area contributed by atoms with Crippen LogP contribution in [0.15, 0.2) is 0 Å². The minimum atomic E-state index is -0.831. The van der Waals surface area contributed by atoms with Gasteiger partial charge in [-0.05, 0) is 124 Å². The Labute approximate surface area is 259 Å². The lowest BCUT2D eigenvalue weighted by molar-refractivity contribution is -0.185. The summed E-state index contributed by atoms with van der Waals surface area (Å²) in [5.41, 5.74) is -0.910. The molecule has 4 saturated carbocycles. The van der Waals surface area contributed by atoms with E-state index in [4.69, 9.17) is 14.2 Å². The summed E-state index contributed by atoms with van der Waals surface area (Å²) in [6.07, 6.45) is 8.97. The van der Waals surface area contributed by atoms with E-state index in [0.29, 0.717) is 36.0 Å². The highest BCUT2D eigenvalue weighted by atomic mass is 16.6. The SMILES string of the molecule is CCC(C)(C)C(=O)OC1CCC2(C)C(CCC3C2CC(O)C2(C)C(C(C)CCC(=O)OC4C(=O)OCC4(C)C)CCC32)C1. The third kappa shape index (κ3) is 5.67. The molecule has 4 aliphatic carbocycles. The molecule has 1 saturated heterocycles. The smallest absolute Gasteiger partial charge is 0.348 e. The molecule has 7 heteroatoms. The Hall–Kier alpha value is -1.63. The van der Waals surface area contributed by atoms with Crippen LogP contribution in [0, 0.1) is 57.2 Å². The van der Waals surface area contributed by atoms with Crippen LogP contribution in [0.5, 0.6) is 0 Å². The zero-order valence-electron chi connectivity index (χ0n) is 28.1. The average molecular weight is 603 g/mol. The molecule has 0 aromatic heterocycles. The molecule has 7 nitrogen and oxygen atoms in total. The third-order valence-corrected chi connectivity index (χ3v) is 13.8. The van der Waals surface area contributed by atoms with Crippen LogP contribution in [0.4, 0.5) is 0 Å². The van der Waals surface area contributed by atoms with Crippen LogP contribution < -0.4 is 0 Å². The second-order valence-corrected chi connectivity index (χ2v) is 17.0. The highest BCUT2D eigenvalue weighted by Crippen LogP contribution is 2.68. The fourth-order valence-corrected chi connectivity index (χ4v) is 10.4. The van der Waals surface area contributed by atoms with Crippen LogP contribution in [0.1, 0.15) is 126 Å². The Kier molecular flexibility index (Phi) is 8.85. The van der Waals surface area contributed by atoms with Crippen molar-refractivity contribution in [1.82, 2.24) is 0 Å². The zero-order chi connectivity index (χ0) is 31.5. The maximum atomic E-state index is 12.8. The number of fused-ring (bicyclic) bond motifs is 5. The summed E-state index contributed by atoms with van der Waals surface area (Å²) in [7, 11) is 0. The molecule has 5 rings (SSSR count). The van der Waals surface area contributed by atoms with Gasteiger partial charge < -0.3 is 19.3 Å². The predicted octanol–water partition coefficient (Wildman–Crippen LogP) is 6.88. The number of rotatable bonds is 8. The van der Waals surface area contributed by atoms with Crippen LogP contribution in [0.25, 0.3) is 0 Å². The van der Waals surface area contributed by atoms with Crippen molar-refractivity contribution in [3.05, 3.63) is 0 Å². The summed E-state index contributed by atoms with van der Waals surface area (Å²) in [5.74, 6) is 1.93. The van der Waals surface area contributed by atoms with Crippen molar-refractivity contribution >= 4 is 17.9 Å². The first-order valence-electron chi connectivity index (χ1n) is 17.3. The van der Waals surface area contributed by atoms with Gasteiger partial charge in [0, 0.05) is 11.8 Å². The number of aliphatic hydroxyl groups excluding tert-OH is 1. The van der Waals surface area contributed by atoms with Crippen LogP contribution >= 0.6 is 0 Å². The van der Waals surface area contributed by atoms with Gasteiger partial charge in [-0.1, -0.05) is 41.5 Å². The number of carbonyl (C=O) groups excluding carboxylic acids is 3. The van der Waals surface area contributed by atoms with Gasteiger partial charge in [0.05, 0.1) is 11.5 Å². The monoisotopic (exact) mass is 602 g/mol. The van der Waals surface area contributed by atoms with Crippen molar-refractivity contribution in [2.24, 2.45) is 57.2 Å². The molecule has 1 aliphatic heterocycles. The molecule has 1 heterocycles. The minimum absolute atomic E-state index is 0.0144. The lowest BCUT2D eigenvalue weighted by Gasteiger charge is -2.62. The molecule has 11 unspecified atom stereocenters. The largest absolute Gasteiger partial charge is 0.462 e. The Morgan fingerprint density at radius 3 is 2.40 bits per heavy atom. The highest BCUT2D eigenvalue weighted by Gasteiger charge is 2.64. The number of hydrogen-bond acceptors (Lipinski definition) is 7. The third-order valence-electron chi connectivity index (χ3n) is 13.8. The molecule has 0 radical (unpaired) electrons. The van der Waals surface area contributed by atoms with Gasteiger partial charge in [0.2, 0.25) is 6.10 Å². The quantitative estimate of drug-likeness (QED) is 0.239. The lowest BCUT2D eigenvalue weighted by atomic mass is 9.43. The Bertz CT molecular complexity index is 1080. The summed E-state index contributed by atoms with van der Waals surface area (Å²) in [4.78, 5) is 37.7. The number of hydrogen-bond donors (Lipinski definition) is 1. The molecule has 0 spiro atoms. The van der Waals surface area contributed by atoms with E-state index in [-0.39, 0.29) is 53.9 Å². The van der Waals surface area contributed by atoms with Gasteiger partial charge in [-0.2, -0.15) is 0 Å². The van der Waals surface area contributed by atoms with E-state index < -0.39 is 22.9 Å². The maximum Gasteiger partial charge on any atom is 0.348 e. The molecular weight excluding hydrogens is 544 g/mol. The van der Waals surface area contributed by atoms with E-state index in [9.17, 15) is 19.5 Å². The summed E-state index contributed by atoms with van der Waals surface area (Å²) in [5, 5.41) is 11.9. The van der Waals surface area contributed by atoms with E-state index in [0.717, 1.165) is 44.9 Å². The fourth-order valence-electron chi connectivity index (χ4n) is 10.4. The molecule has 5 aliphatic rings. The Morgan fingerprint density at radius 2 is 1.74 bits per heavy atom. The van der Waals surface area contributed by atoms with Crippen molar-refractivity contribution in [2.45, 2.75) is 144 Å². The number of cyclic esters (lactones) is 1. The predicted molar refractivity (Wildman–Crippen MR) is 164 cm³/mol. The number of esters is 3. The van der Waals surface area contributed by atoms with E-state index in [1.54, 1.807) is 0 Å². The molecule has 43 heavy (non-hydrogen) atoms. The van der Waals surface area contributed by atoms with Gasteiger partial charge in [0.1, 0.15) is 12.7 Å². The van der Waals surface area contributed by atoms with E-state index in [1.165, 1.54) is 12.8 Å². The fraction of sp³-hybridized carbons (Fsp3) is 0.917. The molecule has 0 aromatic rings. The maximum absolute atomic E-state index is 12.8. The molecule has 244 valence electrons. The molecule has 1 N–H and O–H groups in total. The van der Waals surface area contributed by atoms with Gasteiger partial charge in [-0.25, -0.2) is 4.79 Å². The van der Waals surface area contributed by atoms with Crippen molar-refractivity contribution in [1.29, 1.82) is 0 Å². The zero-order valence-corrected chi connectivity index (χ0v) is 28.1. The molecule has 0 amide bonds. The van der Waals surface area contributed by atoms with Gasteiger partial charge in [-0.15, -0.1) is 0 Å². The number of aliphatic hydroxyl groups is 1. The molecule has 11 atom stereocenters. The van der Waals surface area contributed by atoms with Gasteiger partial charge in [0.15, 0.2) is 0 Å². The van der Waals surface area contributed by atoms with Crippen molar-refractivity contribution in [2.75, 3.05) is 6.61 Å². The normalized spacial score (nSPS) is 42.7. The molecular formula is C36H58O7. The molecule has 5 fully saturated rings. The van der Waals surface area contributed by atoms with E-state index >= 15 is 0 Å². The van der Waals surface area contributed by atoms with Gasteiger partial charge in [-0.3, -0.25) is 9.59 Å². The topological polar surface area (TPSA) is 99.1 Å². The minimum Gasteiger partial charge on any atom is -0.462 e. The van der Waals surface area contributed by atoms with Gasteiger partial charge in [0.25, 0.3) is 0 Å². The lowest BCUT2D eigenvalue weighted by Crippen LogP contribution is -2.59. The summed E-state index contributed by atoms with van der Waals surface area (Å²) in [6.45, 7) is 17.1. The first-order valence-corrected chi connectivity index (χ1v) is 17.3. The average Bonchev–Trinajstić information content (AvgIpc) is 3.44. The Morgan fingerprint density at radius 1 is 1.02 bits per heavy atom. The second kappa shape index (κ2) is 11.6. The van der Waals surface area contributed by atoms with Crippen LogP contribution in [0.3, 0.4) is 0 Å². The van der Waals surface area contributed by atoms with Crippen molar-refractivity contribution < 1.29 is 33.7 Å². The second-order valence-electron chi connectivity index (χ2n) is 17.0. The first-order chi connectivity index (χ1) is 20.0. The highest BCUT2D eigenvalue weighted by molar-refractivity contribution is 5.81. The van der Waals surface area contributed by atoms with Crippen LogP contribution in [-0.4, -0.2) is 47.9 Å². The van der Waals surface area contributed by atoms with Gasteiger partial charge >= 0.3 is 17.9 Å². The van der Waals surface area contributed by atoms with Crippen LogP contribution in [0.2, 0.25) is 0 Å². The Balaban J connectivity index is 1.21.